The lowest BCUT2D eigenvalue weighted by molar-refractivity contribution is -0.384. The van der Waals surface area contributed by atoms with Gasteiger partial charge in [0.05, 0.1) is 11.5 Å². The smallest absolute Gasteiger partial charge is 0.328 e. The van der Waals surface area contributed by atoms with Crippen LogP contribution in [0.15, 0.2) is 12.3 Å². The molecule has 0 aromatic carbocycles. The van der Waals surface area contributed by atoms with E-state index >= 15 is 0 Å². The van der Waals surface area contributed by atoms with Crippen molar-refractivity contribution in [3.05, 3.63) is 27.9 Å². The van der Waals surface area contributed by atoms with Crippen molar-refractivity contribution in [2.45, 2.75) is 13.0 Å². The predicted octanol–water partition coefficient (Wildman–Crippen LogP) is 0.654. The van der Waals surface area contributed by atoms with Crippen molar-refractivity contribution >= 4 is 11.5 Å². The summed E-state index contributed by atoms with van der Waals surface area (Å²) in [6, 6.07) is 2.62. The Bertz CT molecular complexity index is 441. The second-order valence-electron chi connectivity index (χ2n) is 3.15. The molecule has 1 atom stereocenters. The minimum atomic E-state index is -0.669. The summed E-state index contributed by atoms with van der Waals surface area (Å²) in [5.41, 5.74) is -0.432. The number of nitrogens with one attached hydrogen (secondary N) is 1. The number of nitrogens with zero attached hydrogens (tertiary/aromatic N) is 3. The molecule has 7 heteroatoms. The third-order valence-corrected chi connectivity index (χ3v) is 1.88. The van der Waals surface area contributed by atoms with Crippen LogP contribution in [0, 0.1) is 21.4 Å². The van der Waals surface area contributed by atoms with Crippen LogP contribution in [-0.2, 0) is 0 Å². The summed E-state index contributed by atoms with van der Waals surface area (Å²) < 4.78 is 0. The molecular weight excluding hydrogens is 212 g/mol. The van der Waals surface area contributed by atoms with Gasteiger partial charge in [-0.3, -0.25) is 10.1 Å². The minimum Gasteiger partial charge on any atom is -0.394 e. The molecule has 0 aliphatic heterocycles. The van der Waals surface area contributed by atoms with Crippen LogP contribution >= 0.6 is 0 Å². The van der Waals surface area contributed by atoms with Gasteiger partial charge in [-0.15, -0.1) is 0 Å². The molecule has 7 nitrogen and oxygen atoms in total. The Labute approximate surface area is 91.5 Å². The van der Waals surface area contributed by atoms with Crippen molar-refractivity contribution in [3.8, 4) is 6.07 Å². The summed E-state index contributed by atoms with van der Waals surface area (Å²) in [5, 5.41) is 31.0. The van der Waals surface area contributed by atoms with E-state index in [4.69, 9.17) is 10.4 Å². The maximum Gasteiger partial charge on any atom is 0.328 e. The van der Waals surface area contributed by atoms with Crippen molar-refractivity contribution in [2.75, 3.05) is 11.9 Å². The number of hydrogen-bond acceptors (Lipinski definition) is 6. The zero-order valence-corrected chi connectivity index (χ0v) is 8.54. The lowest BCUT2D eigenvalue weighted by atomic mass is 10.2. The van der Waals surface area contributed by atoms with Crippen LogP contribution in [0.1, 0.15) is 12.5 Å². The second-order valence-corrected chi connectivity index (χ2v) is 3.15. The number of aliphatic hydroxyl groups is 1. The fourth-order valence-corrected chi connectivity index (χ4v) is 1.11. The highest BCUT2D eigenvalue weighted by atomic mass is 16.6. The SMILES string of the molecule is CC(CO)Nc1nccc(C#N)c1[N+](=O)[O-]. The van der Waals surface area contributed by atoms with Gasteiger partial charge in [0, 0.05) is 12.2 Å². The molecular formula is C9H10N4O3. The zero-order chi connectivity index (χ0) is 12.1. The van der Waals surface area contributed by atoms with Gasteiger partial charge in [0.2, 0.25) is 5.82 Å². The normalized spacial score (nSPS) is 11.6. The number of aliphatic hydroxyl groups excluding tert-OH is 1. The number of rotatable bonds is 4. The minimum absolute atomic E-state index is 0.00870. The van der Waals surface area contributed by atoms with Gasteiger partial charge in [-0.05, 0) is 13.0 Å². The lowest BCUT2D eigenvalue weighted by Crippen LogP contribution is -2.21. The Balaban J connectivity index is 3.18. The van der Waals surface area contributed by atoms with Gasteiger partial charge in [-0.1, -0.05) is 0 Å². The van der Waals surface area contributed by atoms with E-state index in [1.54, 1.807) is 13.0 Å². The fraction of sp³-hybridized carbons (Fsp3) is 0.333. The standard InChI is InChI=1S/C9H10N4O3/c1-6(5-14)12-9-8(13(15)16)7(4-10)2-3-11-9/h2-3,6,14H,5H2,1H3,(H,11,12). The van der Waals surface area contributed by atoms with Gasteiger partial charge in [0.15, 0.2) is 0 Å². The molecule has 84 valence electrons. The fourth-order valence-electron chi connectivity index (χ4n) is 1.11. The second kappa shape index (κ2) is 5.04. The van der Waals surface area contributed by atoms with Crippen LogP contribution in [0.3, 0.4) is 0 Å². The number of aromatic nitrogens is 1. The molecule has 0 aliphatic rings. The molecule has 0 amide bonds. The molecule has 0 saturated heterocycles. The Kier molecular flexibility index (Phi) is 3.74. The van der Waals surface area contributed by atoms with E-state index in [0.29, 0.717) is 0 Å². The quantitative estimate of drug-likeness (QED) is 0.571. The number of pyridine rings is 1. The summed E-state index contributed by atoms with van der Waals surface area (Å²) in [6.45, 7) is 1.46. The monoisotopic (exact) mass is 222 g/mol. The number of anilines is 1. The molecule has 0 spiro atoms. The average molecular weight is 222 g/mol. The van der Waals surface area contributed by atoms with Crippen LogP contribution < -0.4 is 5.32 Å². The first-order chi connectivity index (χ1) is 7.60. The molecule has 16 heavy (non-hydrogen) atoms. The van der Waals surface area contributed by atoms with Gasteiger partial charge in [-0.2, -0.15) is 5.26 Å². The highest BCUT2D eigenvalue weighted by Crippen LogP contribution is 2.25. The summed E-state index contributed by atoms with van der Waals surface area (Å²) >= 11 is 0. The van der Waals surface area contributed by atoms with E-state index < -0.39 is 4.92 Å². The van der Waals surface area contributed by atoms with E-state index in [9.17, 15) is 10.1 Å². The summed E-state index contributed by atoms with van der Waals surface area (Å²) in [6.07, 6.45) is 1.30. The topological polar surface area (TPSA) is 112 Å². The van der Waals surface area contributed by atoms with Gasteiger partial charge in [0.25, 0.3) is 0 Å². The van der Waals surface area contributed by atoms with Crippen molar-refractivity contribution in [1.29, 1.82) is 5.26 Å². The third-order valence-electron chi connectivity index (χ3n) is 1.88. The van der Waals surface area contributed by atoms with Crippen LogP contribution in [0.25, 0.3) is 0 Å². The van der Waals surface area contributed by atoms with Crippen LogP contribution in [0.5, 0.6) is 0 Å². The first-order valence-corrected chi connectivity index (χ1v) is 4.51. The Morgan fingerprint density at radius 2 is 2.50 bits per heavy atom. The maximum atomic E-state index is 10.8. The first-order valence-electron chi connectivity index (χ1n) is 4.51. The van der Waals surface area contributed by atoms with Crippen LogP contribution in [0.4, 0.5) is 11.5 Å². The summed E-state index contributed by atoms with van der Waals surface area (Å²) in [4.78, 5) is 13.9. The van der Waals surface area contributed by atoms with Gasteiger partial charge in [-0.25, -0.2) is 4.98 Å². The summed E-state index contributed by atoms with van der Waals surface area (Å²) in [7, 11) is 0. The van der Waals surface area contributed by atoms with Crippen molar-refractivity contribution in [1.82, 2.24) is 4.98 Å². The zero-order valence-electron chi connectivity index (χ0n) is 8.54. The molecule has 0 radical (unpaired) electrons. The van der Waals surface area contributed by atoms with E-state index in [1.165, 1.54) is 12.3 Å². The van der Waals surface area contributed by atoms with Crippen LogP contribution in [-0.4, -0.2) is 27.7 Å². The highest BCUT2D eigenvalue weighted by molar-refractivity contribution is 5.64. The third kappa shape index (κ3) is 2.43. The maximum absolute atomic E-state index is 10.8. The number of nitriles is 1. The van der Waals surface area contributed by atoms with E-state index in [2.05, 4.69) is 10.3 Å². The van der Waals surface area contributed by atoms with Gasteiger partial charge in [0.1, 0.15) is 11.6 Å². The molecule has 1 unspecified atom stereocenters. The molecule has 1 heterocycles. The largest absolute Gasteiger partial charge is 0.394 e. The van der Waals surface area contributed by atoms with E-state index in [-0.39, 0.29) is 29.7 Å². The van der Waals surface area contributed by atoms with Gasteiger partial charge >= 0.3 is 5.69 Å². The first kappa shape index (κ1) is 11.9. The number of nitro groups is 1. The summed E-state index contributed by atoms with van der Waals surface area (Å²) in [5.74, 6) is -0.00870. The predicted molar refractivity (Wildman–Crippen MR) is 55.8 cm³/mol. The molecule has 1 rings (SSSR count). The molecule has 1 aromatic heterocycles. The average Bonchev–Trinajstić information content (AvgIpc) is 2.28. The molecule has 0 fully saturated rings. The Morgan fingerprint density at radius 1 is 1.81 bits per heavy atom. The van der Waals surface area contributed by atoms with Crippen molar-refractivity contribution in [2.24, 2.45) is 0 Å². The Hall–Kier alpha value is -2.20. The van der Waals surface area contributed by atoms with Crippen molar-refractivity contribution < 1.29 is 10.0 Å². The molecule has 0 aliphatic carbocycles. The Morgan fingerprint density at radius 3 is 3.00 bits per heavy atom. The molecule has 0 saturated carbocycles. The van der Waals surface area contributed by atoms with E-state index in [1.807, 2.05) is 0 Å². The highest BCUT2D eigenvalue weighted by Gasteiger charge is 2.21. The van der Waals surface area contributed by atoms with Crippen molar-refractivity contribution in [3.63, 3.8) is 0 Å². The van der Waals surface area contributed by atoms with E-state index in [0.717, 1.165) is 0 Å². The molecule has 0 bridgehead atoms. The molecule has 2 N–H and O–H groups in total. The number of hydrogen-bond donors (Lipinski definition) is 2. The van der Waals surface area contributed by atoms with Crippen LogP contribution in [0.2, 0.25) is 0 Å². The lowest BCUT2D eigenvalue weighted by Gasteiger charge is -2.11. The van der Waals surface area contributed by atoms with Gasteiger partial charge < -0.3 is 10.4 Å². The molecule has 1 aromatic rings.